The Morgan fingerprint density at radius 1 is 1.42 bits per heavy atom. The highest BCUT2D eigenvalue weighted by Gasteiger charge is 2.45. The van der Waals surface area contributed by atoms with E-state index in [9.17, 15) is 14.7 Å². The molecule has 0 bridgehead atoms. The second-order valence-corrected chi connectivity index (χ2v) is 7.09. The Hall–Kier alpha value is -1.66. The summed E-state index contributed by atoms with van der Waals surface area (Å²) in [6.07, 6.45) is 4.56. The van der Waals surface area contributed by atoms with Crippen molar-refractivity contribution in [3.8, 4) is 0 Å². The van der Waals surface area contributed by atoms with Gasteiger partial charge < -0.3 is 14.6 Å². The third-order valence-corrected chi connectivity index (χ3v) is 5.55. The van der Waals surface area contributed by atoms with Crippen LogP contribution in [0.5, 0.6) is 0 Å². The zero-order valence-electron chi connectivity index (χ0n) is 14.4. The van der Waals surface area contributed by atoms with Gasteiger partial charge >= 0.3 is 11.9 Å². The molecule has 1 N–H and O–H groups in total. The van der Waals surface area contributed by atoms with E-state index >= 15 is 0 Å². The van der Waals surface area contributed by atoms with E-state index in [4.69, 9.17) is 9.47 Å². The minimum absolute atomic E-state index is 0.0262. The molecule has 0 saturated carbocycles. The van der Waals surface area contributed by atoms with Crippen molar-refractivity contribution in [3.05, 3.63) is 23.3 Å². The Kier molecular flexibility index (Phi) is 4.53. The van der Waals surface area contributed by atoms with Gasteiger partial charge in [0.2, 0.25) is 0 Å². The normalized spacial score (nSPS) is 39.6. The molecule has 6 heteroatoms. The molecule has 3 rings (SSSR count). The van der Waals surface area contributed by atoms with Crippen molar-refractivity contribution in [2.24, 2.45) is 5.92 Å². The first-order valence-electron chi connectivity index (χ1n) is 8.53. The third kappa shape index (κ3) is 2.89. The van der Waals surface area contributed by atoms with Gasteiger partial charge in [-0.15, -0.1) is 0 Å². The first-order valence-corrected chi connectivity index (χ1v) is 8.53. The zero-order chi connectivity index (χ0) is 17.5. The molecule has 0 spiro atoms. The maximum absolute atomic E-state index is 12.5. The lowest BCUT2D eigenvalue weighted by Gasteiger charge is -2.31. The fourth-order valence-corrected chi connectivity index (χ4v) is 3.68. The third-order valence-electron chi connectivity index (χ3n) is 5.55. The lowest BCUT2D eigenvalue weighted by atomic mass is 9.85. The predicted molar refractivity (Wildman–Crippen MR) is 87.1 cm³/mol. The van der Waals surface area contributed by atoms with Crippen molar-refractivity contribution in [2.75, 3.05) is 19.7 Å². The van der Waals surface area contributed by atoms with E-state index in [1.165, 1.54) is 6.92 Å². The number of ether oxygens (including phenoxy) is 2. The van der Waals surface area contributed by atoms with Crippen molar-refractivity contribution in [2.45, 2.75) is 51.4 Å². The Balaban J connectivity index is 1.91. The van der Waals surface area contributed by atoms with Gasteiger partial charge in [-0.3, -0.25) is 4.90 Å². The maximum Gasteiger partial charge on any atom is 0.338 e. The molecule has 0 aromatic rings. The Morgan fingerprint density at radius 3 is 2.88 bits per heavy atom. The number of cyclic esters (lactones) is 1. The molecule has 0 amide bonds. The van der Waals surface area contributed by atoms with E-state index in [2.05, 4.69) is 4.90 Å². The minimum Gasteiger partial charge on any atom is -0.459 e. The number of nitrogens with zero attached hydrogens (tertiary/aromatic N) is 1. The van der Waals surface area contributed by atoms with Gasteiger partial charge in [0.1, 0.15) is 12.7 Å². The molecule has 2 fully saturated rings. The van der Waals surface area contributed by atoms with Crippen LogP contribution in [0.15, 0.2) is 23.3 Å². The van der Waals surface area contributed by atoms with Gasteiger partial charge in [0.25, 0.3) is 0 Å². The van der Waals surface area contributed by atoms with E-state index in [0.717, 1.165) is 25.1 Å². The second kappa shape index (κ2) is 6.33. The SMILES string of the molecule is C/C=C1\C[C@H](C)[C@](C)(O)C(=O)OCC2=CCN3CC[C@H](OC1=O)[C@H]23. The molecular formula is C18H25NO5. The number of carbonyl (C=O) groups excluding carboxylic acids is 2. The van der Waals surface area contributed by atoms with Gasteiger partial charge in [0, 0.05) is 18.7 Å². The molecule has 3 heterocycles. The van der Waals surface area contributed by atoms with Gasteiger partial charge in [-0.2, -0.15) is 0 Å². The minimum atomic E-state index is -1.65. The number of esters is 2. The van der Waals surface area contributed by atoms with Crippen LogP contribution in [0.3, 0.4) is 0 Å². The second-order valence-electron chi connectivity index (χ2n) is 7.09. The molecule has 0 aromatic heterocycles. The molecule has 0 aliphatic carbocycles. The van der Waals surface area contributed by atoms with Gasteiger partial charge in [-0.25, -0.2) is 9.59 Å². The summed E-state index contributed by atoms with van der Waals surface area (Å²) in [6.45, 7) is 6.71. The number of aliphatic hydroxyl groups is 1. The van der Waals surface area contributed by atoms with Crippen LogP contribution in [0.4, 0.5) is 0 Å². The highest BCUT2D eigenvalue weighted by molar-refractivity contribution is 5.89. The highest BCUT2D eigenvalue weighted by atomic mass is 16.6. The van der Waals surface area contributed by atoms with Crippen LogP contribution in [0.2, 0.25) is 0 Å². The van der Waals surface area contributed by atoms with E-state index in [-0.39, 0.29) is 31.1 Å². The average Bonchev–Trinajstić information content (AvgIpc) is 3.12. The summed E-state index contributed by atoms with van der Waals surface area (Å²) < 4.78 is 11.2. The largest absolute Gasteiger partial charge is 0.459 e. The van der Waals surface area contributed by atoms with Crippen LogP contribution in [-0.4, -0.2) is 59.4 Å². The predicted octanol–water partition coefficient (Wildman–Crippen LogP) is 1.19. The van der Waals surface area contributed by atoms with Crippen LogP contribution >= 0.6 is 0 Å². The molecule has 132 valence electrons. The molecule has 0 aromatic carbocycles. The summed E-state index contributed by atoms with van der Waals surface area (Å²) in [6, 6.07) is -0.0262. The molecule has 4 atom stereocenters. The highest BCUT2D eigenvalue weighted by Crippen LogP contribution is 2.34. The number of allylic oxidation sites excluding steroid dienone is 1. The van der Waals surface area contributed by atoms with Gasteiger partial charge in [-0.05, 0) is 38.2 Å². The monoisotopic (exact) mass is 335 g/mol. The topological polar surface area (TPSA) is 76.1 Å². The molecule has 0 unspecified atom stereocenters. The lowest BCUT2D eigenvalue weighted by Crippen LogP contribution is -2.45. The Morgan fingerprint density at radius 2 is 2.17 bits per heavy atom. The lowest BCUT2D eigenvalue weighted by molar-refractivity contribution is -0.169. The van der Waals surface area contributed by atoms with Crippen molar-refractivity contribution in [3.63, 3.8) is 0 Å². The van der Waals surface area contributed by atoms with Crippen molar-refractivity contribution < 1.29 is 24.2 Å². The quantitative estimate of drug-likeness (QED) is 0.407. The van der Waals surface area contributed by atoms with Crippen molar-refractivity contribution >= 4 is 11.9 Å². The fourth-order valence-electron chi connectivity index (χ4n) is 3.68. The summed E-state index contributed by atoms with van der Waals surface area (Å²) in [5, 5.41) is 10.6. The summed E-state index contributed by atoms with van der Waals surface area (Å²) >= 11 is 0. The Bertz CT molecular complexity index is 607. The summed E-state index contributed by atoms with van der Waals surface area (Å²) in [7, 11) is 0. The van der Waals surface area contributed by atoms with E-state index < -0.39 is 17.5 Å². The van der Waals surface area contributed by atoms with Crippen molar-refractivity contribution in [1.82, 2.24) is 4.90 Å². The molecule has 24 heavy (non-hydrogen) atoms. The van der Waals surface area contributed by atoms with Crippen LogP contribution in [-0.2, 0) is 19.1 Å². The smallest absolute Gasteiger partial charge is 0.338 e. The van der Waals surface area contributed by atoms with Gasteiger partial charge in [-0.1, -0.05) is 19.1 Å². The molecule has 3 aliphatic rings. The standard InChI is InChI=1S/C18H25NO5/c1-4-12-9-11(2)18(3,22)17(21)23-10-13-5-7-19-8-6-14(15(13)19)24-16(12)20/h4-5,11,14-15,22H,6-10H2,1-3H3/b12-4+/t11-,14-,15-,18-/m0/s1. The number of rotatable bonds is 0. The number of hydrogen-bond donors (Lipinski definition) is 1. The first-order chi connectivity index (χ1) is 11.3. The van der Waals surface area contributed by atoms with Crippen LogP contribution in [0.1, 0.15) is 33.6 Å². The maximum atomic E-state index is 12.5. The van der Waals surface area contributed by atoms with Crippen molar-refractivity contribution in [1.29, 1.82) is 0 Å². The molecular weight excluding hydrogens is 310 g/mol. The number of carbonyl (C=O) groups is 2. The first kappa shape index (κ1) is 17.2. The van der Waals surface area contributed by atoms with Gasteiger partial charge in [0.15, 0.2) is 5.60 Å². The van der Waals surface area contributed by atoms with Crippen LogP contribution < -0.4 is 0 Å². The van der Waals surface area contributed by atoms with Crippen LogP contribution in [0, 0.1) is 5.92 Å². The van der Waals surface area contributed by atoms with Crippen LogP contribution in [0.25, 0.3) is 0 Å². The zero-order valence-corrected chi connectivity index (χ0v) is 14.4. The summed E-state index contributed by atoms with van der Waals surface area (Å²) in [5.41, 5.74) is -0.218. The fraction of sp³-hybridized carbons (Fsp3) is 0.667. The summed E-state index contributed by atoms with van der Waals surface area (Å²) in [5.74, 6) is -1.46. The number of hydrogen-bond acceptors (Lipinski definition) is 6. The van der Waals surface area contributed by atoms with E-state index in [1.54, 1.807) is 19.9 Å². The average molecular weight is 335 g/mol. The van der Waals surface area contributed by atoms with E-state index in [0.29, 0.717) is 5.57 Å². The Labute approximate surface area is 142 Å². The molecule has 0 radical (unpaired) electrons. The molecule has 6 nitrogen and oxygen atoms in total. The van der Waals surface area contributed by atoms with Gasteiger partial charge in [0.05, 0.1) is 6.04 Å². The van der Waals surface area contributed by atoms with E-state index in [1.807, 2.05) is 6.08 Å². The summed E-state index contributed by atoms with van der Waals surface area (Å²) in [4.78, 5) is 27.1. The molecule has 3 aliphatic heterocycles. The molecule has 2 saturated heterocycles.